The van der Waals surface area contributed by atoms with Crippen LogP contribution in [0.25, 0.3) is 11.4 Å². The van der Waals surface area contributed by atoms with Gasteiger partial charge in [-0.15, -0.1) is 0 Å². The van der Waals surface area contributed by atoms with Crippen LogP contribution in [0, 0.1) is 30.1 Å². The van der Waals surface area contributed by atoms with E-state index in [9.17, 15) is 20.0 Å². The van der Waals surface area contributed by atoms with Gasteiger partial charge in [-0.25, -0.2) is 4.79 Å². The van der Waals surface area contributed by atoms with Gasteiger partial charge in [-0.3, -0.25) is 10.1 Å². The standard InChI is InChI=1S/C24H17N5O6S/c1-12-5-3-4-6-14(12)13(2)33-23(32)27-18-15(11-25)29-36-16(18)7-8-17-26-19-20(34-17)28-21(35-19)24(9-10-24)22(30)31/h3-6,13H,9-10H2,1-2H3,(H,27,32)(H,30,31). The molecule has 1 aromatic carbocycles. The number of ether oxygens (including phenoxy) is 1. The van der Waals surface area contributed by atoms with Gasteiger partial charge in [0.05, 0.1) is 0 Å². The smallest absolute Gasteiger partial charge is 0.412 e. The van der Waals surface area contributed by atoms with Crippen molar-refractivity contribution in [3.63, 3.8) is 0 Å². The average Bonchev–Trinajstić information content (AvgIpc) is 3.23. The Labute approximate surface area is 207 Å². The van der Waals surface area contributed by atoms with Gasteiger partial charge in [-0.1, -0.05) is 24.3 Å². The Bertz CT molecular complexity index is 1580. The number of oxazole rings is 2. The summed E-state index contributed by atoms with van der Waals surface area (Å²) in [7, 11) is 0. The first kappa shape index (κ1) is 23.1. The Morgan fingerprint density at radius 2 is 1.97 bits per heavy atom. The number of carboxylic acid groups (broad SMARTS) is 1. The molecule has 3 aromatic heterocycles. The molecule has 1 amide bonds. The number of fused-ring (bicyclic) bond motifs is 1. The van der Waals surface area contributed by atoms with Crippen molar-refractivity contribution in [1.29, 1.82) is 5.26 Å². The highest BCUT2D eigenvalue weighted by Crippen LogP contribution is 2.48. The lowest BCUT2D eigenvalue weighted by molar-refractivity contribution is -0.140. The molecule has 1 saturated carbocycles. The maximum atomic E-state index is 12.5. The van der Waals surface area contributed by atoms with Crippen LogP contribution < -0.4 is 5.32 Å². The van der Waals surface area contributed by atoms with Gasteiger partial charge < -0.3 is 18.7 Å². The molecule has 0 radical (unpaired) electrons. The zero-order valence-corrected chi connectivity index (χ0v) is 19.8. The van der Waals surface area contributed by atoms with Crippen molar-refractivity contribution in [3.8, 4) is 17.9 Å². The Kier molecular flexibility index (Phi) is 5.66. The predicted molar refractivity (Wildman–Crippen MR) is 125 cm³/mol. The first-order chi connectivity index (χ1) is 17.3. The van der Waals surface area contributed by atoms with Gasteiger partial charge in [0.1, 0.15) is 28.2 Å². The predicted octanol–water partition coefficient (Wildman–Crippen LogP) is 4.28. The van der Waals surface area contributed by atoms with Crippen LogP contribution in [0.4, 0.5) is 10.5 Å². The normalized spacial score (nSPS) is 14.4. The monoisotopic (exact) mass is 503 g/mol. The van der Waals surface area contributed by atoms with Crippen LogP contribution >= 0.6 is 11.5 Å². The second-order valence-electron chi connectivity index (χ2n) is 8.16. The van der Waals surface area contributed by atoms with Crippen LogP contribution in [0.15, 0.2) is 33.1 Å². The molecule has 5 rings (SSSR count). The summed E-state index contributed by atoms with van der Waals surface area (Å²) in [5.74, 6) is 4.48. The minimum atomic E-state index is -1.11. The highest BCUT2D eigenvalue weighted by Gasteiger charge is 2.56. The summed E-state index contributed by atoms with van der Waals surface area (Å²) in [6.45, 7) is 3.67. The molecule has 0 aliphatic heterocycles. The molecule has 2 N–H and O–H groups in total. The van der Waals surface area contributed by atoms with Crippen molar-refractivity contribution in [2.75, 3.05) is 5.32 Å². The zero-order chi connectivity index (χ0) is 25.4. The van der Waals surface area contributed by atoms with E-state index in [1.54, 1.807) is 6.92 Å². The van der Waals surface area contributed by atoms with Gasteiger partial charge >= 0.3 is 12.1 Å². The fraction of sp³-hybridized carbons (Fsp3) is 0.250. The number of carbonyl (C=O) groups is 2. The number of hydrogen-bond acceptors (Lipinski definition) is 10. The third kappa shape index (κ3) is 4.15. The SMILES string of the molecule is Cc1ccccc1C(C)OC(=O)Nc1c(C#N)nsc1C#Cc1nc2oc(C3(C(=O)O)CC3)nc2o1. The lowest BCUT2D eigenvalue weighted by Crippen LogP contribution is -2.19. The lowest BCUT2D eigenvalue weighted by Gasteiger charge is -2.16. The molecule has 0 bridgehead atoms. The number of nitrogens with one attached hydrogen (secondary N) is 1. The number of hydrogen-bond donors (Lipinski definition) is 2. The summed E-state index contributed by atoms with van der Waals surface area (Å²) in [6, 6.07) is 9.46. The summed E-state index contributed by atoms with van der Waals surface area (Å²) in [5, 5.41) is 21.3. The molecule has 12 heteroatoms. The molecule has 36 heavy (non-hydrogen) atoms. The van der Waals surface area contributed by atoms with Gasteiger partial charge in [-0.2, -0.15) is 19.6 Å². The van der Waals surface area contributed by atoms with Crippen molar-refractivity contribution >= 4 is 40.7 Å². The number of aromatic nitrogens is 3. The molecule has 1 atom stereocenters. The molecule has 11 nitrogen and oxygen atoms in total. The third-order valence-electron chi connectivity index (χ3n) is 5.76. The maximum absolute atomic E-state index is 12.5. The molecule has 0 saturated heterocycles. The molecular formula is C24H17N5O6S. The van der Waals surface area contributed by atoms with Crippen LogP contribution in [-0.4, -0.2) is 31.5 Å². The Morgan fingerprint density at radius 1 is 1.22 bits per heavy atom. The van der Waals surface area contributed by atoms with E-state index in [0.717, 1.165) is 22.7 Å². The zero-order valence-electron chi connectivity index (χ0n) is 19.0. The van der Waals surface area contributed by atoms with Crippen LogP contribution in [0.5, 0.6) is 0 Å². The highest BCUT2D eigenvalue weighted by molar-refractivity contribution is 7.07. The number of carbonyl (C=O) groups excluding carboxylic acids is 1. The molecule has 1 aliphatic rings. The quantitative estimate of drug-likeness (QED) is 0.376. The molecular weight excluding hydrogens is 486 g/mol. The number of benzene rings is 1. The minimum Gasteiger partial charge on any atom is -0.480 e. The molecule has 4 aromatic rings. The van der Waals surface area contributed by atoms with Gasteiger partial charge in [0.2, 0.25) is 5.89 Å². The number of aryl methyl sites for hydroxylation is 1. The third-order valence-corrected chi connectivity index (χ3v) is 6.53. The average molecular weight is 503 g/mol. The largest absolute Gasteiger partial charge is 0.480 e. The number of carboxylic acids is 1. The van der Waals surface area contributed by atoms with E-state index >= 15 is 0 Å². The molecule has 180 valence electrons. The summed E-state index contributed by atoms with van der Waals surface area (Å²) in [4.78, 5) is 32.5. The van der Waals surface area contributed by atoms with Crippen molar-refractivity contribution in [2.24, 2.45) is 0 Å². The highest BCUT2D eigenvalue weighted by atomic mass is 32.1. The second-order valence-corrected chi connectivity index (χ2v) is 8.94. The lowest BCUT2D eigenvalue weighted by atomic mass is 10.1. The van der Waals surface area contributed by atoms with E-state index in [1.807, 2.05) is 37.3 Å². The minimum absolute atomic E-state index is 0.0133. The van der Waals surface area contributed by atoms with Gasteiger partial charge in [0.25, 0.3) is 17.3 Å². The van der Waals surface area contributed by atoms with E-state index in [0.29, 0.717) is 17.7 Å². The van der Waals surface area contributed by atoms with Crippen molar-refractivity contribution in [3.05, 3.63) is 57.7 Å². The van der Waals surface area contributed by atoms with E-state index in [4.69, 9.17) is 13.6 Å². The number of nitrogens with zero attached hydrogens (tertiary/aromatic N) is 4. The molecule has 1 unspecified atom stereocenters. The molecule has 0 spiro atoms. The fourth-order valence-electron chi connectivity index (χ4n) is 3.62. The Balaban J connectivity index is 1.33. The Morgan fingerprint density at radius 3 is 2.64 bits per heavy atom. The topological polar surface area (TPSA) is 164 Å². The van der Waals surface area contributed by atoms with E-state index < -0.39 is 23.6 Å². The number of rotatable bonds is 5. The van der Waals surface area contributed by atoms with Crippen molar-refractivity contribution < 1.29 is 28.3 Å². The first-order valence-electron chi connectivity index (χ1n) is 10.8. The maximum Gasteiger partial charge on any atom is 0.412 e. The van der Waals surface area contributed by atoms with Gasteiger partial charge in [0.15, 0.2) is 5.69 Å². The molecule has 1 fully saturated rings. The van der Waals surface area contributed by atoms with Crippen molar-refractivity contribution in [2.45, 2.75) is 38.2 Å². The van der Waals surface area contributed by atoms with E-state index in [2.05, 4.69) is 31.5 Å². The van der Waals surface area contributed by atoms with Crippen molar-refractivity contribution in [1.82, 2.24) is 14.3 Å². The molecule has 3 heterocycles. The van der Waals surface area contributed by atoms with E-state index in [-0.39, 0.29) is 34.6 Å². The second kappa shape index (κ2) is 8.83. The number of nitriles is 1. The van der Waals surface area contributed by atoms with Crippen LogP contribution in [0.1, 0.15) is 59.3 Å². The van der Waals surface area contributed by atoms with E-state index in [1.165, 1.54) is 0 Å². The summed E-state index contributed by atoms with van der Waals surface area (Å²) < 4.78 is 20.4. The fourth-order valence-corrected chi connectivity index (χ4v) is 4.27. The summed E-state index contributed by atoms with van der Waals surface area (Å²) >= 11 is 0.916. The number of anilines is 1. The van der Waals surface area contributed by atoms with Gasteiger partial charge in [-0.05, 0) is 61.2 Å². The van der Waals surface area contributed by atoms with Gasteiger partial charge in [0, 0.05) is 0 Å². The van der Waals surface area contributed by atoms with Crippen LogP contribution in [-0.2, 0) is 14.9 Å². The molecule has 1 aliphatic carbocycles. The Hall–Kier alpha value is -4.68. The van der Waals surface area contributed by atoms with Crippen LogP contribution in [0.3, 0.4) is 0 Å². The summed E-state index contributed by atoms with van der Waals surface area (Å²) in [5.41, 5.74) is 0.903. The summed E-state index contributed by atoms with van der Waals surface area (Å²) in [6.07, 6.45) is -0.406. The number of aliphatic carboxylic acids is 1. The first-order valence-corrected chi connectivity index (χ1v) is 11.5. The van der Waals surface area contributed by atoms with Crippen LogP contribution in [0.2, 0.25) is 0 Å². The number of amides is 1.